The maximum Gasteiger partial charge on any atom is 0.345 e. The molecule has 0 aliphatic heterocycles. The Kier molecular flexibility index (Phi) is 11.7. The van der Waals surface area contributed by atoms with Crippen molar-refractivity contribution in [3.63, 3.8) is 0 Å². The number of terminal acetylenes is 1. The van der Waals surface area contributed by atoms with Gasteiger partial charge in [-0.25, -0.2) is 0 Å². The van der Waals surface area contributed by atoms with Crippen molar-refractivity contribution in [2.24, 2.45) is 0 Å². The van der Waals surface area contributed by atoms with E-state index in [-0.39, 0.29) is 24.0 Å². The Morgan fingerprint density at radius 1 is 1.20 bits per heavy atom. The molecule has 0 aromatic heterocycles. The van der Waals surface area contributed by atoms with Gasteiger partial charge >= 0.3 is 7.87 Å². The monoisotopic (exact) mass is 345 g/mol. The number of rotatable bonds is 7. The molecule has 0 radical (unpaired) electrons. The fourth-order valence-corrected chi connectivity index (χ4v) is 3.49. The molecule has 0 N–H and O–H groups in total. The number of nitrogens with zero attached hydrogens (tertiary/aromatic N) is 1. The summed E-state index contributed by atoms with van der Waals surface area (Å²) in [7, 11) is -1.91. The summed E-state index contributed by atoms with van der Waals surface area (Å²) < 4.78 is 13.5. The first-order valence-corrected chi connectivity index (χ1v) is 7.01. The standard InChI is InChI=1S/C10H21NO2P.HI/c1-6-10-11(7-2)14(5,12-8-3)13-9-4;/h1H,7-10H2,2-5H3;1H/q+1;/p-1. The van der Waals surface area contributed by atoms with Gasteiger partial charge in [-0.15, -0.1) is 11.1 Å². The van der Waals surface area contributed by atoms with E-state index in [1.54, 1.807) is 0 Å². The third kappa shape index (κ3) is 6.03. The molecule has 0 fully saturated rings. The first kappa shape index (κ1) is 18.0. The quantitative estimate of drug-likeness (QED) is 0.350. The van der Waals surface area contributed by atoms with Crippen molar-refractivity contribution in [1.82, 2.24) is 4.67 Å². The molecule has 0 saturated heterocycles. The lowest BCUT2D eigenvalue weighted by molar-refractivity contribution is -0.00000619. The lowest BCUT2D eigenvalue weighted by Gasteiger charge is -2.27. The molecule has 0 amide bonds. The fraction of sp³-hybridized carbons (Fsp3) is 0.800. The number of hydrogen-bond donors (Lipinski definition) is 0. The Bertz CT molecular complexity index is 190. The third-order valence-electron chi connectivity index (χ3n) is 1.89. The molecule has 0 rings (SSSR count). The number of hydrogen-bond acceptors (Lipinski definition) is 3. The van der Waals surface area contributed by atoms with E-state index < -0.39 is 7.87 Å². The summed E-state index contributed by atoms with van der Waals surface area (Å²) in [5.74, 6) is 2.63. The van der Waals surface area contributed by atoms with E-state index >= 15 is 0 Å². The highest BCUT2D eigenvalue weighted by molar-refractivity contribution is 7.63. The predicted molar refractivity (Wildman–Crippen MR) is 62.2 cm³/mol. The van der Waals surface area contributed by atoms with Crippen molar-refractivity contribution in [3.8, 4) is 12.3 Å². The van der Waals surface area contributed by atoms with Gasteiger partial charge in [-0.3, -0.25) is 0 Å². The molecule has 0 aromatic carbocycles. The van der Waals surface area contributed by atoms with Crippen LogP contribution in [0.15, 0.2) is 0 Å². The van der Waals surface area contributed by atoms with E-state index in [1.165, 1.54) is 0 Å². The molecule has 0 aliphatic carbocycles. The molecule has 5 heteroatoms. The molecule has 15 heavy (non-hydrogen) atoms. The third-order valence-corrected chi connectivity index (χ3v) is 4.82. The zero-order chi connectivity index (χ0) is 11.0. The molecule has 0 saturated carbocycles. The van der Waals surface area contributed by atoms with Gasteiger partial charge in [0.2, 0.25) is 0 Å². The van der Waals surface area contributed by atoms with E-state index in [0.29, 0.717) is 19.8 Å². The lowest BCUT2D eigenvalue weighted by Crippen LogP contribution is -3.00. The van der Waals surface area contributed by atoms with Gasteiger partial charge in [0.05, 0.1) is 19.8 Å². The number of halogens is 1. The first-order valence-electron chi connectivity index (χ1n) is 4.99. The van der Waals surface area contributed by atoms with Gasteiger partial charge in [0.15, 0.2) is 0 Å². The highest BCUT2D eigenvalue weighted by atomic mass is 127. The Balaban J connectivity index is 0. The van der Waals surface area contributed by atoms with Crippen LogP contribution < -0.4 is 24.0 Å². The van der Waals surface area contributed by atoms with E-state index in [0.717, 1.165) is 6.54 Å². The molecule has 0 heterocycles. The summed E-state index contributed by atoms with van der Waals surface area (Å²) in [5.41, 5.74) is 0. The van der Waals surface area contributed by atoms with Crippen LogP contribution in [0.1, 0.15) is 20.8 Å². The Labute approximate surface area is 111 Å². The summed E-state index contributed by atoms with van der Waals surface area (Å²) in [5, 5.41) is 0. The normalized spacial score (nSPS) is 10.9. The van der Waals surface area contributed by atoms with Crippen molar-refractivity contribution >= 4 is 7.87 Å². The van der Waals surface area contributed by atoms with Crippen LogP contribution in [-0.4, -0.2) is 37.6 Å². The molecule has 0 aromatic rings. The average Bonchev–Trinajstić information content (AvgIpc) is 2.14. The Morgan fingerprint density at radius 3 is 1.93 bits per heavy atom. The van der Waals surface area contributed by atoms with Crippen LogP contribution in [0.25, 0.3) is 0 Å². The molecule has 90 valence electrons. The highest BCUT2D eigenvalue weighted by Crippen LogP contribution is 2.60. The fourth-order valence-electron chi connectivity index (χ4n) is 1.28. The summed E-state index contributed by atoms with van der Waals surface area (Å²) in [4.78, 5) is 0. The zero-order valence-corrected chi connectivity index (χ0v) is 13.0. The lowest BCUT2D eigenvalue weighted by atomic mass is 10.6. The topological polar surface area (TPSA) is 21.7 Å². The minimum absolute atomic E-state index is 0. The summed E-state index contributed by atoms with van der Waals surface area (Å²) in [6, 6.07) is 0. The van der Waals surface area contributed by atoms with E-state index in [9.17, 15) is 0 Å². The van der Waals surface area contributed by atoms with Gasteiger partial charge in [-0.1, -0.05) is 5.92 Å². The second kappa shape index (κ2) is 9.80. The van der Waals surface area contributed by atoms with Gasteiger partial charge in [-0.2, -0.15) is 9.05 Å². The molecule has 0 aliphatic rings. The van der Waals surface area contributed by atoms with Gasteiger partial charge < -0.3 is 24.0 Å². The Morgan fingerprint density at radius 2 is 1.67 bits per heavy atom. The van der Waals surface area contributed by atoms with Crippen molar-refractivity contribution in [2.45, 2.75) is 20.8 Å². The minimum atomic E-state index is -1.91. The zero-order valence-electron chi connectivity index (χ0n) is 9.99. The van der Waals surface area contributed by atoms with Gasteiger partial charge in [0.1, 0.15) is 6.66 Å². The Hall–Kier alpha value is 0.600. The van der Waals surface area contributed by atoms with Crippen LogP contribution in [0.4, 0.5) is 0 Å². The summed E-state index contributed by atoms with van der Waals surface area (Å²) in [6.45, 7) is 10.8. The van der Waals surface area contributed by atoms with Crippen molar-refractivity contribution in [2.75, 3.05) is 33.0 Å². The van der Waals surface area contributed by atoms with Crippen molar-refractivity contribution in [1.29, 1.82) is 0 Å². The molecular weight excluding hydrogens is 324 g/mol. The first-order chi connectivity index (χ1) is 6.64. The second-order valence-electron chi connectivity index (χ2n) is 2.82. The van der Waals surface area contributed by atoms with E-state index in [4.69, 9.17) is 15.5 Å². The molecule has 0 bridgehead atoms. The molecule has 0 unspecified atom stereocenters. The van der Waals surface area contributed by atoms with Gasteiger partial charge in [0.25, 0.3) is 0 Å². The molecular formula is C10H21INO2P. The van der Waals surface area contributed by atoms with Gasteiger partial charge in [0, 0.05) is 6.54 Å². The van der Waals surface area contributed by atoms with E-state index in [1.807, 2.05) is 20.5 Å². The SMILES string of the molecule is C#CCN(CC)[P+](C)(OCC)OCC.[I-]. The van der Waals surface area contributed by atoms with Gasteiger partial charge in [-0.05, 0) is 20.8 Å². The maximum absolute atomic E-state index is 5.69. The van der Waals surface area contributed by atoms with Crippen LogP contribution in [0.2, 0.25) is 0 Å². The maximum atomic E-state index is 5.69. The second-order valence-corrected chi connectivity index (χ2v) is 5.51. The molecule has 0 spiro atoms. The van der Waals surface area contributed by atoms with Crippen LogP contribution in [-0.2, 0) is 9.05 Å². The highest BCUT2D eigenvalue weighted by Gasteiger charge is 2.42. The average molecular weight is 345 g/mol. The summed E-state index contributed by atoms with van der Waals surface area (Å²) in [6.07, 6.45) is 5.31. The van der Waals surface area contributed by atoms with Crippen LogP contribution in [0.3, 0.4) is 0 Å². The smallest absolute Gasteiger partial charge is 0.345 e. The largest absolute Gasteiger partial charge is 1.00 e. The summed E-state index contributed by atoms with van der Waals surface area (Å²) >= 11 is 0. The predicted octanol–water partition coefficient (Wildman–Crippen LogP) is -0.589. The van der Waals surface area contributed by atoms with Crippen LogP contribution >= 0.6 is 7.87 Å². The van der Waals surface area contributed by atoms with E-state index in [2.05, 4.69) is 17.5 Å². The van der Waals surface area contributed by atoms with Crippen molar-refractivity contribution in [3.05, 3.63) is 0 Å². The van der Waals surface area contributed by atoms with Crippen molar-refractivity contribution < 1.29 is 33.0 Å². The minimum Gasteiger partial charge on any atom is -1.00 e. The van der Waals surface area contributed by atoms with Crippen LogP contribution in [0, 0.1) is 12.3 Å². The molecule has 3 nitrogen and oxygen atoms in total. The van der Waals surface area contributed by atoms with Crippen LogP contribution in [0.5, 0.6) is 0 Å². The molecule has 0 atom stereocenters.